The Morgan fingerprint density at radius 1 is 1.00 bits per heavy atom. The second-order valence-electron chi connectivity index (χ2n) is 8.18. The van der Waals surface area contributed by atoms with Crippen LogP contribution in [0.5, 0.6) is 0 Å². The fraction of sp³-hybridized carbons (Fsp3) is 0.455. The highest BCUT2D eigenvalue weighted by atomic mass is 16.2. The van der Waals surface area contributed by atoms with Gasteiger partial charge in [0, 0.05) is 38.1 Å². The molecule has 0 spiro atoms. The summed E-state index contributed by atoms with van der Waals surface area (Å²) in [4.78, 5) is 40.8. The fourth-order valence-electron chi connectivity index (χ4n) is 5.00. The fourth-order valence-corrected chi connectivity index (χ4v) is 5.00. The zero-order valence-corrected chi connectivity index (χ0v) is 16.9. The van der Waals surface area contributed by atoms with E-state index in [0.29, 0.717) is 24.7 Å². The number of carbonyl (C=O) groups is 1. The second kappa shape index (κ2) is 8.02. The smallest absolute Gasteiger partial charge is 0.327 e. The Morgan fingerprint density at radius 2 is 1.77 bits per heavy atom. The van der Waals surface area contributed by atoms with Crippen LogP contribution in [0.3, 0.4) is 0 Å². The summed E-state index contributed by atoms with van der Waals surface area (Å²) < 4.78 is 1.94. The second-order valence-corrected chi connectivity index (χ2v) is 8.18. The Bertz CT molecular complexity index is 1080. The van der Waals surface area contributed by atoms with Crippen molar-refractivity contribution in [2.45, 2.75) is 44.3 Å². The summed E-state index contributed by atoms with van der Waals surface area (Å²) >= 11 is 0. The molecule has 2 aromatic heterocycles. The summed E-state index contributed by atoms with van der Waals surface area (Å²) in [5, 5.41) is 0. The number of carbonyl (C=O) groups excluding carboxylic acids is 1. The molecule has 8 nitrogen and oxygen atoms in total. The first-order valence-corrected chi connectivity index (χ1v) is 10.7. The van der Waals surface area contributed by atoms with Crippen molar-refractivity contribution in [3.05, 3.63) is 59.0 Å². The molecule has 1 amide bonds. The number of amides is 1. The number of nitrogens with one attached hydrogen (secondary N) is 1. The molecular weight excluding hydrogens is 380 g/mol. The number of likely N-dealkylation sites (tertiary alicyclic amines) is 2. The van der Waals surface area contributed by atoms with Crippen molar-refractivity contribution in [3.8, 4) is 0 Å². The minimum absolute atomic E-state index is 0.00269. The number of aromatic amines is 1. The lowest BCUT2D eigenvalue weighted by Crippen LogP contribution is -2.51. The molecule has 156 valence electrons. The number of para-hydroxylation sites is 2. The average molecular weight is 406 g/mol. The minimum Gasteiger partial charge on any atom is -0.338 e. The lowest BCUT2D eigenvalue weighted by molar-refractivity contribution is 0.0181. The standard InChI is InChI=1S/C22H26N6O2/c29-21(16-13-23-15-24-14-16)26-11-8-17(9-12-26)27-10-4-3-7-20(27)28-19-6-2-1-5-18(19)25-22(28)30/h1-2,5-6,13-15,17,20H,3-4,7-12H2,(H,25,30). The predicted molar refractivity (Wildman–Crippen MR) is 113 cm³/mol. The number of piperidine rings is 2. The number of hydrogen-bond acceptors (Lipinski definition) is 5. The normalized spacial score (nSPS) is 21.2. The van der Waals surface area contributed by atoms with Gasteiger partial charge in [0.25, 0.3) is 5.91 Å². The topological polar surface area (TPSA) is 87.1 Å². The molecule has 0 saturated carbocycles. The maximum absolute atomic E-state index is 12.8. The lowest BCUT2D eigenvalue weighted by Gasteiger charge is -2.44. The number of fused-ring (bicyclic) bond motifs is 1. The van der Waals surface area contributed by atoms with E-state index in [1.165, 1.54) is 6.33 Å². The van der Waals surface area contributed by atoms with Crippen molar-refractivity contribution < 1.29 is 4.79 Å². The maximum atomic E-state index is 12.8. The molecule has 8 heteroatoms. The summed E-state index contributed by atoms with van der Waals surface area (Å²) in [6.45, 7) is 2.41. The van der Waals surface area contributed by atoms with Crippen LogP contribution in [0.4, 0.5) is 0 Å². The summed E-state index contributed by atoms with van der Waals surface area (Å²) in [5.41, 5.74) is 2.36. The van der Waals surface area contributed by atoms with Gasteiger partial charge in [0.2, 0.25) is 0 Å². The molecular formula is C22H26N6O2. The van der Waals surface area contributed by atoms with E-state index in [1.54, 1.807) is 12.4 Å². The van der Waals surface area contributed by atoms with Crippen LogP contribution in [0.1, 0.15) is 48.6 Å². The monoisotopic (exact) mass is 406 g/mol. The summed E-state index contributed by atoms with van der Waals surface area (Å²) in [5.74, 6) is -0.00269. The van der Waals surface area contributed by atoms with E-state index in [2.05, 4.69) is 19.9 Å². The van der Waals surface area contributed by atoms with E-state index < -0.39 is 0 Å². The zero-order valence-electron chi connectivity index (χ0n) is 16.9. The van der Waals surface area contributed by atoms with E-state index >= 15 is 0 Å². The molecule has 0 bridgehead atoms. The Morgan fingerprint density at radius 3 is 2.57 bits per heavy atom. The largest absolute Gasteiger partial charge is 0.338 e. The van der Waals surface area contributed by atoms with E-state index in [-0.39, 0.29) is 17.8 Å². The Balaban J connectivity index is 1.34. The number of rotatable bonds is 3. The number of hydrogen-bond donors (Lipinski definition) is 1. The predicted octanol–water partition coefficient (Wildman–Crippen LogP) is 2.41. The molecule has 0 radical (unpaired) electrons. The van der Waals surface area contributed by atoms with Gasteiger partial charge in [0.1, 0.15) is 6.33 Å². The molecule has 1 N–H and O–H groups in total. The SMILES string of the molecule is O=C(c1cncnc1)N1CCC(N2CCCCC2n2c(=O)[nH]c3ccccc32)CC1. The first-order chi connectivity index (χ1) is 14.7. The maximum Gasteiger partial charge on any atom is 0.327 e. The van der Waals surface area contributed by atoms with Crippen molar-refractivity contribution in [2.75, 3.05) is 19.6 Å². The van der Waals surface area contributed by atoms with E-state index in [9.17, 15) is 9.59 Å². The van der Waals surface area contributed by atoms with Gasteiger partial charge in [-0.25, -0.2) is 14.8 Å². The van der Waals surface area contributed by atoms with Gasteiger partial charge in [-0.2, -0.15) is 0 Å². The molecule has 3 aromatic rings. The van der Waals surface area contributed by atoms with E-state index in [4.69, 9.17) is 0 Å². The van der Waals surface area contributed by atoms with Crippen LogP contribution in [0.2, 0.25) is 0 Å². The zero-order chi connectivity index (χ0) is 20.5. The molecule has 2 fully saturated rings. The quantitative estimate of drug-likeness (QED) is 0.722. The molecule has 1 aromatic carbocycles. The summed E-state index contributed by atoms with van der Waals surface area (Å²) in [7, 11) is 0. The van der Waals surface area contributed by atoms with Gasteiger partial charge in [-0.3, -0.25) is 14.3 Å². The average Bonchev–Trinajstić information content (AvgIpc) is 3.15. The van der Waals surface area contributed by atoms with Gasteiger partial charge >= 0.3 is 5.69 Å². The van der Waals surface area contributed by atoms with Gasteiger partial charge in [-0.1, -0.05) is 12.1 Å². The molecule has 5 rings (SSSR count). The van der Waals surface area contributed by atoms with Crippen LogP contribution in [-0.2, 0) is 0 Å². The van der Waals surface area contributed by atoms with Crippen molar-refractivity contribution in [2.24, 2.45) is 0 Å². The highest BCUT2D eigenvalue weighted by molar-refractivity contribution is 5.93. The van der Waals surface area contributed by atoms with E-state index in [1.807, 2.05) is 33.7 Å². The molecule has 30 heavy (non-hydrogen) atoms. The van der Waals surface area contributed by atoms with Gasteiger partial charge in [0.05, 0.1) is 22.8 Å². The van der Waals surface area contributed by atoms with Crippen LogP contribution in [0, 0.1) is 0 Å². The number of nitrogens with zero attached hydrogens (tertiary/aromatic N) is 5. The van der Waals surface area contributed by atoms with Crippen LogP contribution in [-0.4, -0.2) is 60.9 Å². The van der Waals surface area contributed by atoms with Gasteiger partial charge in [-0.05, 0) is 44.2 Å². The highest BCUT2D eigenvalue weighted by Crippen LogP contribution is 2.32. The lowest BCUT2D eigenvalue weighted by atomic mass is 9.97. The Kier molecular flexibility index (Phi) is 5.08. The molecule has 2 saturated heterocycles. The van der Waals surface area contributed by atoms with Crippen molar-refractivity contribution in [1.29, 1.82) is 0 Å². The molecule has 2 aliphatic heterocycles. The molecule has 0 aliphatic carbocycles. The number of H-pyrrole nitrogens is 1. The van der Waals surface area contributed by atoms with Crippen molar-refractivity contribution in [3.63, 3.8) is 0 Å². The third-order valence-electron chi connectivity index (χ3n) is 6.46. The first kappa shape index (κ1) is 19.0. The Labute approximate surface area is 174 Å². The van der Waals surface area contributed by atoms with Crippen molar-refractivity contribution >= 4 is 16.9 Å². The summed E-state index contributed by atoms with van der Waals surface area (Å²) in [6.07, 6.45) is 9.72. The van der Waals surface area contributed by atoms with Crippen LogP contribution >= 0.6 is 0 Å². The number of benzene rings is 1. The Hall–Kier alpha value is -3.00. The van der Waals surface area contributed by atoms with Gasteiger partial charge < -0.3 is 9.88 Å². The molecule has 1 unspecified atom stereocenters. The molecule has 1 atom stereocenters. The third-order valence-corrected chi connectivity index (χ3v) is 6.46. The van der Waals surface area contributed by atoms with Crippen molar-refractivity contribution in [1.82, 2.24) is 29.3 Å². The number of imidazole rings is 1. The van der Waals surface area contributed by atoms with Crippen LogP contribution in [0.15, 0.2) is 47.8 Å². The number of aromatic nitrogens is 4. The highest BCUT2D eigenvalue weighted by Gasteiger charge is 2.34. The van der Waals surface area contributed by atoms with E-state index in [0.717, 1.165) is 49.7 Å². The van der Waals surface area contributed by atoms with Crippen LogP contribution in [0.25, 0.3) is 11.0 Å². The summed E-state index contributed by atoms with van der Waals surface area (Å²) in [6, 6.07) is 8.27. The van der Waals surface area contributed by atoms with Crippen LogP contribution < -0.4 is 5.69 Å². The minimum atomic E-state index is -0.0372. The first-order valence-electron chi connectivity index (χ1n) is 10.7. The third kappa shape index (κ3) is 3.41. The van der Waals surface area contributed by atoms with Gasteiger partial charge in [0.15, 0.2) is 0 Å². The molecule has 2 aliphatic rings. The molecule has 4 heterocycles. The van der Waals surface area contributed by atoms with Gasteiger partial charge in [-0.15, -0.1) is 0 Å².